The van der Waals surface area contributed by atoms with Crippen molar-refractivity contribution in [2.24, 2.45) is 0 Å². The van der Waals surface area contributed by atoms with Crippen LogP contribution in [0.5, 0.6) is 11.8 Å². The molecular weight excluding hydrogens is 638 g/mol. The fourth-order valence-electron chi connectivity index (χ4n) is 8.88. The standard InChI is InChI=1S/C37H33F4N5O3/c1-3-22-26(39)8-7-23-28(22)24(12-27(47)31(23)40)29-32(41)33-30(25-11-18(2)49-34(25)29)35(45-15-20-5-6-21(16-45)42-20)44-36(43-33)48-17-37-9-4-10-46(37)14-19(38)13-37/h1,7-8,11-12,19-21,42,47H,4-6,9-10,13-17H2,2H3/t19-,20-,21+,37+/m1/s1. The molecule has 5 aromatic rings. The van der Waals surface area contributed by atoms with Gasteiger partial charge in [-0.05, 0) is 63.4 Å². The lowest BCUT2D eigenvalue weighted by Gasteiger charge is -2.35. The van der Waals surface area contributed by atoms with E-state index in [1.54, 1.807) is 13.0 Å². The van der Waals surface area contributed by atoms with Gasteiger partial charge < -0.3 is 24.5 Å². The smallest absolute Gasteiger partial charge is 0.319 e. The summed E-state index contributed by atoms with van der Waals surface area (Å²) in [5, 5.41) is 14.9. The third-order valence-electron chi connectivity index (χ3n) is 11.0. The summed E-state index contributed by atoms with van der Waals surface area (Å²) in [5.74, 6) is -0.219. The minimum atomic E-state index is -1.01. The number of nitrogens with one attached hydrogen (secondary N) is 1. The summed E-state index contributed by atoms with van der Waals surface area (Å²) >= 11 is 0. The molecule has 2 N–H and O–H groups in total. The number of nitrogens with zero attached hydrogens (tertiary/aromatic N) is 4. The van der Waals surface area contributed by atoms with Crippen LogP contribution in [0.2, 0.25) is 0 Å². The van der Waals surface area contributed by atoms with Crippen LogP contribution in [-0.2, 0) is 0 Å². The van der Waals surface area contributed by atoms with Crippen molar-refractivity contribution in [1.82, 2.24) is 20.2 Å². The number of fused-ring (bicyclic) bond motifs is 7. The zero-order valence-electron chi connectivity index (χ0n) is 26.8. The average Bonchev–Trinajstić information content (AvgIpc) is 3.83. The van der Waals surface area contributed by atoms with Crippen molar-refractivity contribution >= 4 is 38.5 Å². The maximum Gasteiger partial charge on any atom is 0.319 e. The topological polar surface area (TPSA) is 86.9 Å². The molecule has 0 amide bonds. The van der Waals surface area contributed by atoms with Crippen LogP contribution in [-0.4, -0.2) is 76.6 Å². The second-order valence-corrected chi connectivity index (χ2v) is 14.0. The Morgan fingerprint density at radius 3 is 2.65 bits per heavy atom. The highest BCUT2D eigenvalue weighted by atomic mass is 19.1. The van der Waals surface area contributed by atoms with Gasteiger partial charge in [-0.15, -0.1) is 6.42 Å². The molecule has 2 bridgehead atoms. The van der Waals surface area contributed by atoms with E-state index in [0.29, 0.717) is 48.4 Å². The maximum atomic E-state index is 17.5. The summed E-state index contributed by atoms with van der Waals surface area (Å²) in [7, 11) is 0. The van der Waals surface area contributed by atoms with Crippen molar-refractivity contribution in [3.8, 4) is 35.2 Å². The Kier molecular flexibility index (Phi) is 6.81. The summed E-state index contributed by atoms with van der Waals surface area (Å²) in [5.41, 5.74) is -0.968. The number of phenolic OH excluding ortho intramolecular Hbond substituents is 1. The van der Waals surface area contributed by atoms with E-state index in [0.717, 1.165) is 50.4 Å². The molecule has 9 rings (SSSR count). The number of ether oxygens (including phenoxy) is 1. The van der Waals surface area contributed by atoms with Gasteiger partial charge in [-0.25, -0.2) is 17.6 Å². The van der Waals surface area contributed by atoms with Gasteiger partial charge in [-0.1, -0.05) is 5.92 Å². The molecule has 3 aromatic carbocycles. The molecule has 0 aliphatic carbocycles. The Bertz CT molecular complexity index is 2240. The highest BCUT2D eigenvalue weighted by molar-refractivity contribution is 6.18. The van der Waals surface area contributed by atoms with E-state index in [1.165, 1.54) is 0 Å². The van der Waals surface area contributed by atoms with E-state index < -0.39 is 34.9 Å². The van der Waals surface area contributed by atoms with E-state index in [2.05, 4.69) is 26.0 Å². The molecule has 4 atom stereocenters. The number of phenols is 1. The van der Waals surface area contributed by atoms with Gasteiger partial charge in [-0.3, -0.25) is 4.90 Å². The van der Waals surface area contributed by atoms with Crippen LogP contribution in [0.15, 0.2) is 28.7 Å². The zero-order valence-corrected chi connectivity index (χ0v) is 26.8. The number of halogens is 4. The molecule has 4 fully saturated rings. The minimum Gasteiger partial charge on any atom is -0.505 e. The predicted octanol–water partition coefficient (Wildman–Crippen LogP) is 6.50. The van der Waals surface area contributed by atoms with Crippen LogP contribution in [0.4, 0.5) is 23.4 Å². The Labute approximate surface area is 279 Å². The van der Waals surface area contributed by atoms with E-state index >= 15 is 13.2 Å². The van der Waals surface area contributed by atoms with Crippen molar-refractivity contribution < 1.29 is 31.8 Å². The fourth-order valence-corrected chi connectivity index (χ4v) is 8.88. The number of terminal acetylenes is 1. The van der Waals surface area contributed by atoms with E-state index in [-0.39, 0.29) is 63.3 Å². The molecule has 4 saturated heterocycles. The van der Waals surface area contributed by atoms with Crippen molar-refractivity contribution in [2.75, 3.05) is 37.7 Å². The number of hydrogen-bond donors (Lipinski definition) is 2. The zero-order chi connectivity index (χ0) is 33.8. The lowest BCUT2D eigenvalue weighted by molar-refractivity contribution is 0.107. The predicted molar refractivity (Wildman–Crippen MR) is 177 cm³/mol. The molecule has 2 aromatic heterocycles. The quantitative estimate of drug-likeness (QED) is 0.162. The first-order valence-corrected chi connectivity index (χ1v) is 16.7. The third-order valence-corrected chi connectivity index (χ3v) is 11.0. The lowest BCUT2D eigenvalue weighted by atomic mass is 9.91. The Balaban J connectivity index is 1.31. The van der Waals surface area contributed by atoms with E-state index in [9.17, 15) is 9.50 Å². The molecule has 6 heterocycles. The highest BCUT2D eigenvalue weighted by Crippen LogP contribution is 2.47. The van der Waals surface area contributed by atoms with Gasteiger partial charge in [0.05, 0.1) is 22.1 Å². The summed E-state index contributed by atoms with van der Waals surface area (Å²) in [6.07, 6.45) is 8.81. The molecule has 8 nitrogen and oxygen atoms in total. The average molecular weight is 672 g/mol. The number of benzene rings is 3. The summed E-state index contributed by atoms with van der Waals surface area (Å²) in [6.45, 7) is 4.26. The Morgan fingerprint density at radius 1 is 1.08 bits per heavy atom. The summed E-state index contributed by atoms with van der Waals surface area (Å²) < 4.78 is 74.9. The second-order valence-electron chi connectivity index (χ2n) is 14.0. The maximum absolute atomic E-state index is 17.5. The SMILES string of the molecule is C#Cc1c(F)ccc2c(F)c(O)cc(-c3c(F)c4nc(OC[C@@]56CCCN5C[C@H](F)C6)nc(N5C[C@H]6CC[C@@H](C5)N6)c4c4cc(C)oc34)c12. The van der Waals surface area contributed by atoms with Crippen LogP contribution in [0.3, 0.4) is 0 Å². The normalized spacial score (nSPS) is 25.1. The largest absolute Gasteiger partial charge is 0.505 e. The number of aryl methyl sites for hydroxylation is 1. The van der Waals surface area contributed by atoms with Gasteiger partial charge in [0.1, 0.15) is 41.3 Å². The van der Waals surface area contributed by atoms with Crippen molar-refractivity contribution in [2.45, 2.75) is 62.8 Å². The van der Waals surface area contributed by atoms with Gasteiger partial charge in [0.2, 0.25) is 0 Å². The molecule has 12 heteroatoms. The number of piperazine rings is 1. The molecule has 0 spiro atoms. The third kappa shape index (κ3) is 4.58. The summed E-state index contributed by atoms with van der Waals surface area (Å²) in [4.78, 5) is 13.8. The number of aromatic hydroxyl groups is 1. The first-order chi connectivity index (χ1) is 23.6. The number of hydrogen-bond acceptors (Lipinski definition) is 8. The van der Waals surface area contributed by atoms with Gasteiger partial charge in [-0.2, -0.15) is 9.97 Å². The van der Waals surface area contributed by atoms with Crippen molar-refractivity contribution in [1.29, 1.82) is 0 Å². The van der Waals surface area contributed by atoms with Gasteiger partial charge in [0.15, 0.2) is 17.4 Å². The lowest BCUT2D eigenvalue weighted by Crippen LogP contribution is -2.51. The Hall–Kier alpha value is -4.60. The Morgan fingerprint density at radius 2 is 1.88 bits per heavy atom. The number of furan rings is 1. The molecule has 252 valence electrons. The van der Waals surface area contributed by atoms with Crippen LogP contribution in [0, 0.1) is 36.7 Å². The molecule has 49 heavy (non-hydrogen) atoms. The summed E-state index contributed by atoms with van der Waals surface area (Å²) in [6, 6.07) is 5.38. The molecule has 0 radical (unpaired) electrons. The highest BCUT2D eigenvalue weighted by Gasteiger charge is 2.49. The number of alkyl halides is 1. The minimum absolute atomic E-state index is 0.0523. The fraction of sp³-hybridized carbons (Fsp3) is 0.405. The monoisotopic (exact) mass is 671 g/mol. The van der Waals surface area contributed by atoms with Crippen LogP contribution >= 0.6 is 0 Å². The van der Waals surface area contributed by atoms with Crippen molar-refractivity contribution in [3.05, 3.63) is 53.0 Å². The van der Waals surface area contributed by atoms with Crippen LogP contribution < -0.4 is 15.0 Å². The van der Waals surface area contributed by atoms with Gasteiger partial charge in [0.25, 0.3) is 0 Å². The van der Waals surface area contributed by atoms with E-state index in [4.69, 9.17) is 20.6 Å². The first kappa shape index (κ1) is 30.5. The van der Waals surface area contributed by atoms with Gasteiger partial charge in [0, 0.05) is 59.9 Å². The molecular formula is C37H33F4N5O3. The molecule has 4 aliphatic heterocycles. The number of anilines is 1. The second kappa shape index (κ2) is 11.0. The first-order valence-electron chi connectivity index (χ1n) is 16.7. The number of aromatic nitrogens is 2. The van der Waals surface area contributed by atoms with Gasteiger partial charge >= 0.3 is 6.01 Å². The molecule has 0 unspecified atom stereocenters. The van der Waals surface area contributed by atoms with E-state index in [1.807, 2.05) is 0 Å². The van der Waals surface area contributed by atoms with Crippen LogP contribution in [0.25, 0.3) is 43.8 Å². The number of rotatable bonds is 5. The molecule has 0 saturated carbocycles. The van der Waals surface area contributed by atoms with Crippen molar-refractivity contribution in [3.63, 3.8) is 0 Å². The van der Waals surface area contributed by atoms with Crippen LogP contribution in [0.1, 0.15) is 43.4 Å². The molecule has 4 aliphatic rings.